The molecule has 0 saturated heterocycles. The third-order valence-corrected chi connectivity index (χ3v) is 5.26. The van der Waals surface area contributed by atoms with Gasteiger partial charge in [0.1, 0.15) is 11.6 Å². The third kappa shape index (κ3) is 11.9. The average Bonchev–Trinajstić information content (AvgIpc) is 2.68. The van der Waals surface area contributed by atoms with Crippen molar-refractivity contribution in [3.63, 3.8) is 0 Å². The number of carbonyl (C=O) groups excluding carboxylic acids is 2. The van der Waals surface area contributed by atoms with E-state index in [4.69, 9.17) is 4.74 Å². The molecule has 0 bridgehead atoms. The zero-order valence-corrected chi connectivity index (χ0v) is 18.9. The van der Waals surface area contributed by atoms with Gasteiger partial charge in [0.2, 0.25) is 0 Å². The zero-order valence-electron chi connectivity index (χ0n) is 18.9. The van der Waals surface area contributed by atoms with Crippen molar-refractivity contribution < 1.29 is 19.1 Å². The summed E-state index contributed by atoms with van der Waals surface area (Å²) in [5, 5.41) is 6.28. The molecule has 0 aromatic carbocycles. The van der Waals surface area contributed by atoms with E-state index in [-0.39, 0.29) is 0 Å². The molecule has 1 atom stereocenters. The standard InChI is InChI=1S/C12H23N.C11H19NO4/c1-3-7-11(8-4-1)13-12-9-5-2-6-10-12;1-6-7-8(9(13)15-5)12-10(14)16-11(2,3)4/h11-13H,1-10H2;6,8H,1,7H2,2-5H3,(H,12,14)/t;8-/m.0/s1. The van der Waals surface area contributed by atoms with E-state index in [9.17, 15) is 9.59 Å². The molecule has 0 aliphatic heterocycles. The maximum Gasteiger partial charge on any atom is 0.408 e. The summed E-state index contributed by atoms with van der Waals surface area (Å²) in [5.41, 5.74) is -0.598. The van der Waals surface area contributed by atoms with Gasteiger partial charge in [0, 0.05) is 12.1 Å². The number of ether oxygens (including phenoxy) is 2. The molecule has 0 radical (unpaired) electrons. The minimum absolute atomic E-state index is 0.298. The normalized spacial score (nSPS) is 19.3. The predicted molar refractivity (Wildman–Crippen MR) is 117 cm³/mol. The first kappa shape index (κ1) is 25.5. The summed E-state index contributed by atoms with van der Waals surface area (Å²) < 4.78 is 9.56. The first-order valence-electron chi connectivity index (χ1n) is 11.2. The Labute approximate surface area is 177 Å². The monoisotopic (exact) mass is 410 g/mol. The van der Waals surface area contributed by atoms with Crippen LogP contribution < -0.4 is 10.6 Å². The van der Waals surface area contributed by atoms with Gasteiger partial charge in [0.25, 0.3) is 0 Å². The van der Waals surface area contributed by atoms with E-state index in [1.807, 2.05) is 0 Å². The van der Waals surface area contributed by atoms with E-state index < -0.39 is 23.7 Å². The quantitative estimate of drug-likeness (QED) is 0.482. The van der Waals surface area contributed by atoms with Crippen LogP contribution in [0.4, 0.5) is 4.79 Å². The van der Waals surface area contributed by atoms with Gasteiger partial charge >= 0.3 is 12.1 Å². The van der Waals surface area contributed by atoms with Gasteiger partial charge in [-0.25, -0.2) is 9.59 Å². The van der Waals surface area contributed by atoms with Crippen LogP contribution >= 0.6 is 0 Å². The largest absolute Gasteiger partial charge is 0.467 e. The van der Waals surface area contributed by atoms with E-state index in [1.165, 1.54) is 77.4 Å². The Hall–Kier alpha value is -1.56. The minimum Gasteiger partial charge on any atom is -0.467 e. The van der Waals surface area contributed by atoms with Crippen LogP contribution in [0.15, 0.2) is 12.7 Å². The van der Waals surface area contributed by atoms with Crippen molar-refractivity contribution in [1.29, 1.82) is 0 Å². The van der Waals surface area contributed by atoms with Crippen molar-refractivity contribution in [2.45, 2.75) is 115 Å². The molecule has 0 heterocycles. The highest BCUT2D eigenvalue weighted by Gasteiger charge is 2.23. The van der Waals surface area contributed by atoms with Gasteiger partial charge in [-0.2, -0.15) is 0 Å². The summed E-state index contributed by atoms with van der Waals surface area (Å²) in [7, 11) is 1.26. The third-order valence-electron chi connectivity index (χ3n) is 5.26. The Morgan fingerprint density at radius 1 is 1.00 bits per heavy atom. The summed E-state index contributed by atoms with van der Waals surface area (Å²) in [6.45, 7) is 8.73. The SMILES string of the molecule is C1CCC(NC2CCCCC2)CC1.C=CC[C@H](NC(=O)OC(C)(C)C)C(=O)OC. The highest BCUT2D eigenvalue weighted by atomic mass is 16.6. The molecule has 168 valence electrons. The van der Waals surface area contributed by atoms with Crippen molar-refractivity contribution in [1.82, 2.24) is 10.6 Å². The van der Waals surface area contributed by atoms with Gasteiger partial charge in [-0.3, -0.25) is 0 Å². The van der Waals surface area contributed by atoms with Crippen LogP contribution in [-0.4, -0.2) is 42.9 Å². The molecule has 0 aromatic heterocycles. The van der Waals surface area contributed by atoms with Gasteiger partial charge in [-0.05, 0) is 52.9 Å². The second-order valence-electron chi connectivity index (χ2n) is 9.08. The average molecular weight is 411 g/mol. The molecular weight excluding hydrogens is 368 g/mol. The number of rotatable bonds is 6. The Morgan fingerprint density at radius 3 is 1.86 bits per heavy atom. The molecule has 1 amide bonds. The topological polar surface area (TPSA) is 76.7 Å². The van der Waals surface area contributed by atoms with E-state index in [2.05, 4.69) is 21.9 Å². The maximum atomic E-state index is 11.4. The van der Waals surface area contributed by atoms with Crippen molar-refractivity contribution in [3.05, 3.63) is 12.7 Å². The lowest BCUT2D eigenvalue weighted by atomic mass is 9.91. The van der Waals surface area contributed by atoms with Gasteiger partial charge in [-0.1, -0.05) is 44.6 Å². The lowest BCUT2D eigenvalue weighted by Crippen LogP contribution is -2.43. The highest BCUT2D eigenvalue weighted by molar-refractivity contribution is 5.81. The Bertz CT molecular complexity index is 474. The second-order valence-corrected chi connectivity index (χ2v) is 9.08. The Balaban J connectivity index is 0.000000294. The van der Waals surface area contributed by atoms with Crippen molar-refractivity contribution in [2.24, 2.45) is 0 Å². The van der Waals surface area contributed by atoms with E-state index in [1.54, 1.807) is 20.8 Å². The van der Waals surface area contributed by atoms with Crippen LogP contribution in [0.1, 0.15) is 91.4 Å². The van der Waals surface area contributed by atoms with Crippen molar-refractivity contribution >= 4 is 12.1 Å². The number of methoxy groups -OCH3 is 1. The van der Waals surface area contributed by atoms with Crippen LogP contribution in [0, 0.1) is 0 Å². The fourth-order valence-electron chi connectivity index (χ4n) is 3.84. The molecule has 2 aliphatic carbocycles. The number of esters is 1. The van der Waals surface area contributed by atoms with Gasteiger partial charge < -0.3 is 20.1 Å². The number of hydrogen-bond acceptors (Lipinski definition) is 5. The van der Waals surface area contributed by atoms with Gasteiger partial charge in [0.05, 0.1) is 7.11 Å². The maximum absolute atomic E-state index is 11.4. The van der Waals surface area contributed by atoms with E-state index in [0.717, 1.165) is 12.1 Å². The Morgan fingerprint density at radius 2 is 1.48 bits per heavy atom. The molecule has 6 heteroatoms. The molecule has 0 aromatic rings. The fraction of sp³-hybridized carbons (Fsp3) is 0.826. The predicted octanol–water partition coefficient (Wildman–Crippen LogP) is 4.87. The lowest BCUT2D eigenvalue weighted by molar-refractivity contribution is -0.143. The first-order valence-corrected chi connectivity index (χ1v) is 11.2. The molecule has 0 unspecified atom stereocenters. The molecule has 2 saturated carbocycles. The second kappa shape index (κ2) is 13.6. The van der Waals surface area contributed by atoms with Gasteiger partial charge in [-0.15, -0.1) is 6.58 Å². The molecule has 2 aliphatic rings. The summed E-state index contributed by atoms with van der Waals surface area (Å²) in [6.07, 6.45) is 15.7. The minimum atomic E-state index is -0.752. The molecule has 2 rings (SSSR count). The summed E-state index contributed by atoms with van der Waals surface area (Å²) in [5.74, 6) is -0.522. The number of amides is 1. The van der Waals surface area contributed by atoms with Crippen LogP contribution in [-0.2, 0) is 14.3 Å². The summed E-state index contributed by atoms with van der Waals surface area (Å²) in [6, 6.07) is 0.992. The van der Waals surface area contributed by atoms with Crippen LogP contribution in [0.2, 0.25) is 0 Å². The molecule has 29 heavy (non-hydrogen) atoms. The molecule has 2 fully saturated rings. The summed E-state index contributed by atoms with van der Waals surface area (Å²) in [4.78, 5) is 22.7. The number of hydrogen-bond donors (Lipinski definition) is 2. The van der Waals surface area contributed by atoms with Crippen molar-refractivity contribution in [3.8, 4) is 0 Å². The zero-order chi connectivity index (χ0) is 21.7. The fourth-order valence-corrected chi connectivity index (χ4v) is 3.84. The van der Waals surface area contributed by atoms with Crippen LogP contribution in [0.5, 0.6) is 0 Å². The van der Waals surface area contributed by atoms with E-state index >= 15 is 0 Å². The van der Waals surface area contributed by atoms with Gasteiger partial charge in [0.15, 0.2) is 0 Å². The number of carbonyl (C=O) groups is 2. The highest BCUT2D eigenvalue weighted by Crippen LogP contribution is 2.22. The first-order chi connectivity index (χ1) is 13.7. The number of alkyl carbamates (subject to hydrolysis) is 1. The Kier molecular flexibility index (Phi) is 12.0. The van der Waals surface area contributed by atoms with Crippen LogP contribution in [0.3, 0.4) is 0 Å². The molecule has 6 nitrogen and oxygen atoms in total. The van der Waals surface area contributed by atoms with Crippen LogP contribution in [0.25, 0.3) is 0 Å². The summed E-state index contributed by atoms with van der Waals surface area (Å²) >= 11 is 0. The smallest absolute Gasteiger partial charge is 0.408 e. The molecular formula is C23H42N2O4. The lowest BCUT2D eigenvalue weighted by Gasteiger charge is -2.30. The molecule has 0 spiro atoms. The van der Waals surface area contributed by atoms with Crippen molar-refractivity contribution in [2.75, 3.05) is 7.11 Å². The molecule has 2 N–H and O–H groups in total. The van der Waals surface area contributed by atoms with E-state index in [0.29, 0.717) is 6.42 Å². The number of nitrogens with one attached hydrogen (secondary N) is 2.